The second-order valence-electron chi connectivity index (χ2n) is 14.2. The Kier molecular flexibility index (Phi) is 7.60. The van der Waals surface area contributed by atoms with Gasteiger partial charge in [-0.15, -0.1) is 0 Å². The standard InChI is InChI=1S/C34H51NO8/c1-7-35-18-31(19-38-3)22(36)14-23(39-4)34-21-15-32(37)24(40-5)16-33(43-8-2,26(29(34)35)27(41-6)28(31)34)25(21)30(32)42-17-20-12-10-9-11-13-20/h9-13,21-30,36-37H,7-8,14-19H2,1-6H3/t21?,22?,23?,24-,25?,26?,27?,28?,29-,30?,31-,32-,33+,34?/m0/s1. The third-order valence-electron chi connectivity index (χ3n) is 13.2. The number of likely N-dealkylation sites (tertiary alicyclic amines) is 1. The van der Waals surface area contributed by atoms with E-state index >= 15 is 0 Å². The van der Waals surface area contributed by atoms with Crippen molar-refractivity contribution in [3.8, 4) is 0 Å². The van der Waals surface area contributed by atoms with Crippen LogP contribution in [0.15, 0.2) is 30.3 Å². The fourth-order valence-corrected chi connectivity index (χ4v) is 12.4. The highest BCUT2D eigenvalue weighted by atomic mass is 16.5. The van der Waals surface area contributed by atoms with Gasteiger partial charge in [-0.05, 0) is 31.4 Å². The van der Waals surface area contributed by atoms with Crippen LogP contribution in [-0.2, 0) is 35.0 Å². The molecule has 1 aromatic carbocycles. The average molecular weight is 602 g/mol. The molecule has 9 unspecified atom stereocenters. The quantitative estimate of drug-likeness (QED) is 0.397. The number of benzene rings is 1. The minimum absolute atomic E-state index is 0.000551. The molecule has 2 N–H and O–H groups in total. The van der Waals surface area contributed by atoms with Crippen molar-refractivity contribution in [3.63, 3.8) is 0 Å². The molecule has 9 heteroatoms. The monoisotopic (exact) mass is 601 g/mol. The van der Waals surface area contributed by atoms with Crippen LogP contribution in [-0.4, -0.2) is 118 Å². The van der Waals surface area contributed by atoms with Gasteiger partial charge in [0.15, 0.2) is 0 Å². The van der Waals surface area contributed by atoms with Crippen LogP contribution in [0.1, 0.15) is 38.7 Å². The lowest BCUT2D eigenvalue weighted by atomic mass is 9.42. The number of methoxy groups -OCH3 is 4. The molecule has 43 heavy (non-hydrogen) atoms. The fraction of sp³-hybridized carbons (Fsp3) is 0.824. The molecule has 5 saturated carbocycles. The molecule has 1 aliphatic heterocycles. The number of hydrogen-bond acceptors (Lipinski definition) is 9. The van der Waals surface area contributed by atoms with E-state index < -0.39 is 40.3 Å². The van der Waals surface area contributed by atoms with E-state index in [1.165, 1.54) is 0 Å². The lowest BCUT2D eigenvalue weighted by Gasteiger charge is -2.70. The zero-order valence-corrected chi connectivity index (χ0v) is 26.6. The Hall–Kier alpha value is -1.14. The van der Waals surface area contributed by atoms with Crippen LogP contribution in [0.4, 0.5) is 0 Å². The predicted octanol–water partition coefficient (Wildman–Crippen LogP) is 2.51. The molecule has 1 saturated heterocycles. The minimum atomic E-state index is -1.19. The van der Waals surface area contributed by atoms with E-state index in [0.717, 1.165) is 18.7 Å². The zero-order chi connectivity index (χ0) is 30.4. The Morgan fingerprint density at radius 1 is 0.953 bits per heavy atom. The number of nitrogens with zero attached hydrogens (tertiary/aromatic N) is 1. The SMILES string of the molecule is CCO[C@]12C[C@H](OC)[C@@]3(O)CC(C1C3OCc1ccccc1)C13C(OC)CC(O)[C@@]4(COC)CN(CC)[C@H]1C2C(OC)C34. The molecule has 0 amide bonds. The van der Waals surface area contributed by atoms with E-state index in [2.05, 4.69) is 30.9 Å². The molecule has 1 heterocycles. The number of hydrogen-bond donors (Lipinski definition) is 2. The Labute approximate surface area is 256 Å². The van der Waals surface area contributed by atoms with Crippen LogP contribution in [0.25, 0.3) is 0 Å². The van der Waals surface area contributed by atoms with Gasteiger partial charge in [-0.1, -0.05) is 37.3 Å². The first kappa shape index (κ1) is 30.5. The first-order valence-corrected chi connectivity index (χ1v) is 16.3. The van der Waals surface area contributed by atoms with Crippen LogP contribution < -0.4 is 0 Å². The van der Waals surface area contributed by atoms with Gasteiger partial charge in [0.25, 0.3) is 0 Å². The van der Waals surface area contributed by atoms with Gasteiger partial charge in [0, 0.05) is 89.1 Å². The summed E-state index contributed by atoms with van der Waals surface area (Å²) in [6.45, 7) is 7.20. The summed E-state index contributed by atoms with van der Waals surface area (Å²) in [6.07, 6.45) is -0.350. The maximum atomic E-state index is 12.8. The largest absolute Gasteiger partial charge is 0.392 e. The van der Waals surface area contributed by atoms with E-state index in [-0.39, 0.29) is 41.9 Å². The number of ether oxygens (including phenoxy) is 6. The Morgan fingerprint density at radius 3 is 2.33 bits per heavy atom. The molecule has 14 atom stereocenters. The number of fused-ring (bicyclic) bond motifs is 2. The summed E-state index contributed by atoms with van der Waals surface area (Å²) in [5.74, 6) is -0.170. The highest BCUT2D eigenvalue weighted by Gasteiger charge is 2.89. The normalized spacial score (nSPS) is 51.2. The van der Waals surface area contributed by atoms with Crippen LogP contribution >= 0.6 is 0 Å². The van der Waals surface area contributed by atoms with Crippen LogP contribution in [0.5, 0.6) is 0 Å². The van der Waals surface area contributed by atoms with E-state index in [1.54, 1.807) is 21.3 Å². The summed E-state index contributed by atoms with van der Waals surface area (Å²) < 4.78 is 39.3. The predicted molar refractivity (Wildman–Crippen MR) is 158 cm³/mol. The topological polar surface area (TPSA) is 99.1 Å². The van der Waals surface area contributed by atoms with Crippen molar-refractivity contribution in [1.82, 2.24) is 4.90 Å². The smallest absolute Gasteiger partial charge is 0.118 e. The molecule has 7 bridgehead atoms. The zero-order valence-electron chi connectivity index (χ0n) is 26.6. The lowest BCUT2D eigenvalue weighted by molar-refractivity contribution is -0.309. The average Bonchev–Trinajstić information content (AvgIpc) is 3.39. The highest BCUT2D eigenvalue weighted by Crippen LogP contribution is 2.80. The van der Waals surface area contributed by atoms with Gasteiger partial charge in [0.2, 0.25) is 0 Å². The van der Waals surface area contributed by atoms with Crippen LogP contribution in [0, 0.1) is 34.5 Å². The summed E-state index contributed by atoms with van der Waals surface area (Å²) in [6, 6.07) is 10.3. The highest BCUT2D eigenvalue weighted by molar-refractivity contribution is 5.39. The molecule has 0 aromatic heterocycles. The van der Waals surface area contributed by atoms with Crippen LogP contribution in [0.3, 0.4) is 0 Å². The summed E-state index contributed by atoms with van der Waals surface area (Å²) in [5, 5.41) is 24.8. The molecule has 240 valence electrons. The van der Waals surface area contributed by atoms with Gasteiger partial charge in [-0.25, -0.2) is 0 Å². The van der Waals surface area contributed by atoms with Gasteiger partial charge in [-0.2, -0.15) is 0 Å². The van der Waals surface area contributed by atoms with E-state index in [0.29, 0.717) is 39.1 Å². The Bertz CT molecular complexity index is 1170. The van der Waals surface area contributed by atoms with Crippen LogP contribution in [0.2, 0.25) is 0 Å². The Morgan fingerprint density at radius 2 is 1.70 bits per heavy atom. The molecular formula is C34H51NO8. The first-order chi connectivity index (χ1) is 20.8. The summed E-state index contributed by atoms with van der Waals surface area (Å²) in [5.41, 5.74) is -1.72. The van der Waals surface area contributed by atoms with Crippen molar-refractivity contribution >= 4 is 0 Å². The summed E-state index contributed by atoms with van der Waals surface area (Å²) in [7, 11) is 7.06. The first-order valence-electron chi connectivity index (χ1n) is 16.3. The second-order valence-corrected chi connectivity index (χ2v) is 14.2. The van der Waals surface area contributed by atoms with Crippen molar-refractivity contribution < 1.29 is 38.6 Å². The number of piperidine rings is 1. The molecule has 7 rings (SSSR count). The number of aliphatic hydroxyl groups is 2. The molecule has 6 aliphatic rings. The van der Waals surface area contributed by atoms with Crippen molar-refractivity contribution in [1.29, 1.82) is 0 Å². The van der Waals surface area contributed by atoms with Crippen molar-refractivity contribution in [2.24, 2.45) is 34.5 Å². The second kappa shape index (κ2) is 10.7. The van der Waals surface area contributed by atoms with E-state index in [9.17, 15) is 10.2 Å². The number of aliphatic hydroxyl groups excluding tert-OH is 1. The molecule has 5 aliphatic carbocycles. The number of rotatable bonds is 11. The van der Waals surface area contributed by atoms with Gasteiger partial charge in [-0.3, -0.25) is 4.90 Å². The maximum absolute atomic E-state index is 12.8. The fourth-order valence-electron chi connectivity index (χ4n) is 12.4. The lowest BCUT2D eigenvalue weighted by Crippen LogP contribution is -2.79. The third-order valence-corrected chi connectivity index (χ3v) is 13.2. The molecule has 0 radical (unpaired) electrons. The van der Waals surface area contributed by atoms with Gasteiger partial charge < -0.3 is 38.6 Å². The van der Waals surface area contributed by atoms with Crippen molar-refractivity contribution in [2.75, 3.05) is 54.7 Å². The maximum Gasteiger partial charge on any atom is 0.118 e. The van der Waals surface area contributed by atoms with E-state index in [1.807, 2.05) is 25.3 Å². The van der Waals surface area contributed by atoms with Crippen molar-refractivity contribution in [3.05, 3.63) is 35.9 Å². The van der Waals surface area contributed by atoms with Gasteiger partial charge in [0.1, 0.15) is 5.60 Å². The molecule has 9 nitrogen and oxygen atoms in total. The summed E-state index contributed by atoms with van der Waals surface area (Å²) >= 11 is 0. The van der Waals surface area contributed by atoms with Gasteiger partial charge in [0.05, 0.1) is 49.3 Å². The van der Waals surface area contributed by atoms with E-state index in [4.69, 9.17) is 28.4 Å². The summed E-state index contributed by atoms with van der Waals surface area (Å²) in [4.78, 5) is 2.57. The molecule has 6 fully saturated rings. The third kappa shape index (κ3) is 3.60. The molecule has 1 aromatic rings. The molecule has 1 spiro atoms. The molecular weight excluding hydrogens is 550 g/mol. The minimum Gasteiger partial charge on any atom is -0.392 e. The van der Waals surface area contributed by atoms with Gasteiger partial charge >= 0.3 is 0 Å². The Balaban J connectivity index is 1.47. The van der Waals surface area contributed by atoms with Crippen molar-refractivity contribution in [2.45, 2.75) is 87.5 Å².